The summed E-state index contributed by atoms with van der Waals surface area (Å²) in [6.45, 7) is 6.46. The van der Waals surface area contributed by atoms with E-state index < -0.39 is 0 Å². The maximum absolute atomic E-state index is 3.37. The van der Waals surface area contributed by atoms with Gasteiger partial charge in [0.2, 0.25) is 0 Å². The molecule has 1 aromatic heterocycles. The molecule has 1 N–H and O–H groups in total. The standard InChI is InChI=1S/C12H15N/c1-4-10-5-8(2)6-12-11(10)7-9(3)13-12/h5-7,13H,4H2,1-3H3. The number of nitrogens with one attached hydrogen (secondary N) is 1. The summed E-state index contributed by atoms with van der Waals surface area (Å²) in [7, 11) is 0. The van der Waals surface area contributed by atoms with Gasteiger partial charge in [0.1, 0.15) is 0 Å². The number of fused-ring (bicyclic) bond motifs is 1. The number of aromatic nitrogens is 1. The van der Waals surface area contributed by atoms with Crippen molar-refractivity contribution in [3.8, 4) is 0 Å². The van der Waals surface area contributed by atoms with E-state index >= 15 is 0 Å². The summed E-state index contributed by atoms with van der Waals surface area (Å²) in [6, 6.07) is 6.71. The molecule has 0 spiro atoms. The Morgan fingerprint density at radius 1 is 1.15 bits per heavy atom. The topological polar surface area (TPSA) is 15.8 Å². The Morgan fingerprint density at radius 2 is 1.92 bits per heavy atom. The molecule has 1 aromatic carbocycles. The SMILES string of the molecule is CCc1cc(C)cc2[nH]c(C)cc12. The van der Waals surface area contributed by atoms with Crippen molar-refractivity contribution < 1.29 is 0 Å². The highest BCUT2D eigenvalue weighted by Crippen LogP contribution is 2.22. The molecule has 0 aliphatic carbocycles. The minimum Gasteiger partial charge on any atom is -0.359 e. The molecule has 1 heteroatoms. The van der Waals surface area contributed by atoms with E-state index in [1.165, 1.54) is 27.7 Å². The maximum atomic E-state index is 3.37. The highest BCUT2D eigenvalue weighted by Gasteiger charge is 2.02. The summed E-state index contributed by atoms with van der Waals surface area (Å²) in [5.41, 5.74) is 5.30. The van der Waals surface area contributed by atoms with Crippen LogP contribution in [0.4, 0.5) is 0 Å². The van der Waals surface area contributed by atoms with Crippen LogP contribution in [0.5, 0.6) is 0 Å². The third-order valence-electron chi connectivity index (χ3n) is 2.48. The van der Waals surface area contributed by atoms with Gasteiger partial charge in [0.25, 0.3) is 0 Å². The quantitative estimate of drug-likeness (QED) is 0.680. The van der Waals surface area contributed by atoms with Crippen LogP contribution in [-0.2, 0) is 6.42 Å². The number of aryl methyl sites for hydroxylation is 3. The van der Waals surface area contributed by atoms with E-state index in [1.54, 1.807) is 0 Å². The fourth-order valence-corrected chi connectivity index (χ4v) is 1.90. The predicted octanol–water partition coefficient (Wildman–Crippen LogP) is 3.35. The highest BCUT2D eigenvalue weighted by molar-refractivity contribution is 5.84. The molecule has 2 rings (SSSR count). The van der Waals surface area contributed by atoms with Gasteiger partial charge >= 0.3 is 0 Å². The van der Waals surface area contributed by atoms with E-state index in [1.807, 2.05) is 0 Å². The predicted molar refractivity (Wildman–Crippen MR) is 57.2 cm³/mol. The van der Waals surface area contributed by atoms with Gasteiger partial charge < -0.3 is 4.98 Å². The van der Waals surface area contributed by atoms with Crippen molar-refractivity contribution in [2.45, 2.75) is 27.2 Å². The zero-order chi connectivity index (χ0) is 9.42. The summed E-state index contributed by atoms with van der Waals surface area (Å²) >= 11 is 0. The van der Waals surface area contributed by atoms with Crippen LogP contribution in [-0.4, -0.2) is 4.98 Å². The Hall–Kier alpha value is -1.24. The molecule has 1 nitrogen and oxygen atoms in total. The minimum atomic E-state index is 1.11. The normalized spacial score (nSPS) is 11.0. The van der Waals surface area contributed by atoms with Crippen LogP contribution in [0, 0.1) is 13.8 Å². The lowest BCUT2D eigenvalue weighted by Gasteiger charge is -2.01. The summed E-state index contributed by atoms with van der Waals surface area (Å²) < 4.78 is 0. The first-order valence-electron chi connectivity index (χ1n) is 4.79. The van der Waals surface area contributed by atoms with Crippen LogP contribution in [0.15, 0.2) is 18.2 Å². The zero-order valence-corrected chi connectivity index (χ0v) is 8.44. The first-order valence-corrected chi connectivity index (χ1v) is 4.79. The molecule has 0 radical (unpaired) electrons. The molecule has 1 heterocycles. The molecule has 0 unspecified atom stereocenters. The van der Waals surface area contributed by atoms with E-state index in [0.29, 0.717) is 0 Å². The lowest BCUT2D eigenvalue weighted by molar-refractivity contribution is 1.15. The zero-order valence-electron chi connectivity index (χ0n) is 8.44. The van der Waals surface area contributed by atoms with Gasteiger partial charge in [0.15, 0.2) is 0 Å². The molecule has 0 saturated heterocycles. The van der Waals surface area contributed by atoms with E-state index in [4.69, 9.17) is 0 Å². The van der Waals surface area contributed by atoms with Crippen LogP contribution < -0.4 is 0 Å². The van der Waals surface area contributed by atoms with E-state index in [9.17, 15) is 0 Å². The van der Waals surface area contributed by atoms with Crippen molar-refractivity contribution in [1.82, 2.24) is 4.98 Å². The maximum Gasteiger partial charge on any atom is 0.0461 e. The summed E-state index contributed by atoms with van der Waals surface area (Å²) in [5.74, 6) is 0. The second-order valence-electron chi connectivity index (χ2n) is 3.69. The van der Waals surface area contributed by atoms with Gasteiger partial charge in [-0.1, -0.05) is 13.0 Å². The fraction of sp³-hybridized carbons (Fsp3) is 0.333. The number of H-pyrrole nitrogens is 1. The van der Waals surface area contributed by atoms with Gasteiger partial charge in [-0.25, -0.2) is 0 Å². The van der Waals surface area contributed by atoms with Gasteiger partial charge in [0, 0.05) is 16.6 Å². The third kappa shape index (κ3) is 1.35. The molecular weight excluding hydrogens is 158 g/mol. The fourth-order valence-electron chi connectivity index (χ4n) is 1.90. The second kappa shape index (κ2) is 2.91. The van der Waals surface area contributed by atoms with Crippen molar-refractivity contribution in [1.29, 1.82) is 0 Å². The molecule has 0 fully saturated rings. The van der Waals surface area contributed by atoms with Gasteiger partial charge in [-0.2, -0.15) is 0 Å². The lowest BCUT2D eigenvalue weighted by atomic mass is 10.0. The Kier molecular flexibility index (Phi) is 1.87. The Morgan fingerprint density at radius 3 is 2.62 bits per heavy atom. The summed E-state index contributed by atoms with van der Waals surface area (Å²) in [5, 5.41) is 1.38. The molecule has 0 saturated carbocycles. The van der Waals surface area contributed by atoms with Crippen LogP contribution in [0.3, 0.4) is 0 Å². The molecule has 0 aliphatic heterocycles. The molecule has 0 amide bonds. The monoisotopic (exact) mass is 173 g/mol. The number of rotatable bonds is 1. The molecule has 0 atom stereocenters. The lowest BCUT2D eigenvalue weighted by Crippen LogP contribution is -1.83. The van der Waals surface area contributed by atoms with Crippen molar-refractivity contribution in [2.24, 2.45) is 0 Å². The third-order valence-corrected chi connectivity index (χ3v) is 2.48. The van der Waals surface area contributed by atoms with Crippen LogP contribution in [0.2, 0.25) is 0 Å². The number of hydrogen-bond acceptors (Lipinski definition) is 0. The van der Waals surface area contributed by atoms with Crippen molar-refractivity contribution in [3.05, 3.63) is 35.0 Å². The molecular formula is C12H15N. The highest BCUT2D eigenvalue weighted by atomic mass is 14.7. The number of benzene rings is 1. The second-order valence-corrected chi connectivity index (χ2v) is 3.69. The van der Waals surface area contributed by atoms with Crippen LogP contribution in [0.25, 0.3) is 10.9 Å². The van der Waals surface area contributed by atoms with Crippen molar-refractivity contribution in [3.63, 3.8) is 0 Å². The summed E-state index contributed by atoms with van der Waals surface area (Å²) in [6.07, 6.45) is 1.11. The van der Waals surface area contributed by atoms with Gasteiger partial charge in [-0.3, -0.25) is 0 Å². The Balaban J connectivity index is 2.80. The number of hydrogen-bond donors (Lipinski definition) is 1. The van der Waals surface area contributed by atoms with E-state index in [-0.39, 0.29) is 0 Å². The van der Waals surface area contributed by atoms with E-state index in [2.05, 4.69) is 44.0 Å². The number of aromatic amines is 1. The average Bonchev–Trinajstić information content (AvgIpc) is 2.43. The van der Waals surface area contributed by atoms with Crippen molar-refractivity contribution >= 4 is 10.9 Å². The van der Waals surface area contributed by atoms with Crippen molar-refractivity contribution in [2.75, 3.05) is 0 Å². The first kappa shape index (κ1) is 8.36. The largest absolute Gasteiger partial charge is 0.359 e. The van der Waals surface area contributed by atoms with Crippen LogP contribution in [0.1, 0.15) is 23.7 Å². The Labute approximate surface area is 78.8 Å². The average molecular weight is 173 g/mol. The molecule has 2 aromatic rings. The molecule has 0 bridgehead atoms. The minimum absolute atomic E-state index is 1.11. The molecule has 68 valence electrons. The van der Waals surface area contributed by atoms with Gasteiger partial charge in [-0.15, -0.1) is 0 Å². The molecule has 0 aliphatic rings. The Bertz CT molecular complexity index is 438. The smallest absolute Gasteiger partial charge is 0.0461 e. The van der Waals surface area contributed by atoms with E-state index in [0.717, 1.165) is 6.42 Å². The van der Waals surface area contributed by atoms with Gasteiger partial charge in [0.05, 0.1) is 0 Å². The molecule has 13 heavy (non-hydrogen) atoms. The van der Waals surface area contributed by atoms with Crippen LogP contribution >= 0.6 is 0 Å². The first-order chi connectivity index (χ1) is 6.20. The summed E-state index contributed by atoms with van der Waals surface area (Å²) in [4.78, 5) is 3.37. The van der Waals surface area contributed by atoms with Gasteiger partial charge in [-0.05, 0) is 43.5 Å².